The Morgan fingerprint density at radius 2 is 1.52 bits per heavy atom. The first-order valence-corrected chi connectivity index (χ1v) is 13.5. The van der Waals surface area contributed by atoms with Gasteiger partial charge in [0, 0.05) is 12.0 Å². The minimum absolute atomic E-state index is 0.0330. The molecule has 5 nitrogen and oxygen atoms in total. The fourth-order valence-electron chi connectivity index (χ4n) is 4.77. The van der Waals surface area contributed by atoms with Crippen LogP contribution in [0.1, 0.15) is 69.6 Å². The average molecular weight is 474 g/mol. The maximum atomic E-state index is 11.1. The lowest BCUT2D eigenvalue weighted by Crippen LogP contribution is -2.32. The topological polar surface area (TPSA) is 64.6 Å². The number of methoxy groups -OCH3 is 2. The molecule has 2 unspecified atom stereocenters. The first-order valence-electron chi connectivity index (χ1n) is 12.0. The smallest absolute Gasteiger partial charge is 0.214 e. The molecule has 0 radical (unpaired) electrons. The summed E-state index contributed by atoms with van der Waals surface area (Å²) in [7, 11) is 0.483. The summed E-state index contributed by atoms with van der Waals surface area (Å²) < 4.78 is 35.8. The van der Waals surface area contributed by atoms with Crippen molar-refractivity contribution < 1.29 is 17.9 Å². The third-order valence-electron chi connectivity index (χ3n) is 6.53. The zero-order chi connectivity index (χ0) is 24.2. The van der Waals surface area contributed by atoms with Crippen LogP contribution in [-0.2, 0) is 16.4 Å². The van der Waals surface area contributed by atoms with Crippen molar-refractivity contribution in [2.24, 2.45) is 11.8 Å². The van der Waals surface area contributed by atoms with Crippen molar-refractivity contribution in [1.29, 1.82) is 0 Å². The fraction of sp³-hybridized carbons (Fsp3) is 0.556. The molecule has 6 heteroatoms. The highest BCUT2D eigenvalue weighted by Gasteiger charge is 2.36. The van der Waals surface area contributed by atoms with Crippen molar-refractivity contribution in [2.45, 2.75) is 70.6 Å². The molecule has 2 aromatic rings. The molecule has 33 heavy (non-hydrogen) atoms. The van der Waals surface area contributed by atoms with Crippen LogP contribution >= 0.6 is 0 Å². The summed E-state index contributed by atoms with van der Waals surface area (Å²) in [4.78, 5) is 0. The van der Waals surface area contributed by atoms with Gasteiger partial charge in [-0.1, -0.05) is 44.2 Å². The van der Waals surface area contributed by atoms with Crippen LogP contribution in [0.15, 0.2) is 42.5 Å². The van der Waals surface area contributed by atoms with Crippen LogP contribution in [0.25, 0.3) is 0 Å². The lowest BCUT2D eigenvalue weighted by atomic mass is 9.68. The number of ether oxygens (including phenoxy) is 2. The molecule has 0 saturated heterocycles. The van der Waals surface area contributed by atoms with Gasteiger partial charge in [-0.05, 0) is 80.2 Å². The summed E-state index contributed by atoms with van der Waals surface area (Å²) in [6, 6.07) is 15.3. The van der Waals surface area contributed by atoms with Crippen molar-refractivity contribution in [2.75, 3.05) is 14.2 Å². The second-order valence-corrected chi connectivity index (χ2v) is 11.8. The van der Waals surface area contributed by atoms with E-state index in [0.29, 0.717) is 17.8 Å². The standard InChI is InChI=1S/C21H26O2.C6H13NO2S/c1-14(2)17-11-10-16-12-19(22-3)20(23-4)13-18(16)21(17)15-8-6-5-7-9-15;1-5(2)7-10(8,9)6-3-4-6/h5-9,12-14,17,21H,10-11H2,1-4H3;5-7H,3-4H2,1-2H3. The first kappa shape index (κ1) is 25.6. The van der Waals surface area contributed by atoms with Crippen molar-refractivity contribution in [3.63, 3.8) is 0 Å². The molecular weight excluding hydrogens is 434 g/mol. The van der Waals surface area contributed by atoms with E-state index in [4.69, 9.17) is 9.47 Å². The van der Waals surface area contributed by atoms with Crippen molar-refractivity contribution in [3.05, 3.63) is 59.2 Å². The van der Waals surface area contributed by atoms with E-state index in [9.17, 15) is 8.42 Å². The minimum atomic E-state index is -2.94. The first-order chi connectivity index (χ1) is 15.7. The molecule has 2 aromatic carbocycles. The lowest BCUT2D eigenvalue weighted by Gasteiger charge is -2.37. The molecule has 2 aliphatic carbocycles. The average Bonchev–Trinajstić information content (AvgIpc) is 3.63. The van der Waals surface area contributed by atoms with Crippen LogP contribution in [0.3, 0.4) is 0 Å². The molecule has 0 amide bonds. The molecule has 0 heterocycles. The molecule has 1 fully saturated rings. The quantitative estimate of drug-likeness (QED) is 0.574. The van der Waals surface area contributed by atoms with Gasteiger partial charge in [0.15, 0.2) is 11.5 Å². The summed E-state index contributed by atoms with van der Waals surface area (Å²) in [6.07, 6.45) is 4.01. The van der Waals surface area contributed by atoms with E-state index in [0.717, 1.165) is 30.8 Å². The number of hydrogen-bond donors (Lipinski definition) is 1. The Morgan fingerprint density at radius 1 is 0.909 bits per heavy atom. The molecule has 4 rings (SSSR count). The zero-order valence-electron chi connectivity index (χ0n) is 20.8. The SMILES string of the molecule is CC(C)NS(=O)(=O)C1CC1.COc1cc2c(cc1OC)C(c1ccccc1)C(C(C)C)CC2. The van der Waals surface area contributed by atoms with Gasteiger partial charge < -0.3 is 9.47 Å². The van der Waals surface area contributed by atoms with Crippen LogP contribution in [0.2, 0.25) is 0 Å². The molecule has 1 saturated carbocycles. The van der Waals surface area contributed by atoms with Gasteiger partial charge in [0.2, 0.25) is 10.0 Å². The third kappa shape index (κ3) is 6.30. The Bertz CT molecular complexity index is 1010. The number of fused-ring (bicyclic) bond motifs is 1. The second kappa shape index (κ2) is 10.9. The molecule has 182 valence electrons. The second-order valence-electron chi connectivity index (χ2n) is 9.76. The highest BCUT2D eigenvalue weighted by atomic mass is 32.2. The number of sulfonamides is 1. The molecule has 0 aliphatic heterocycles. The van der Waals surface area contributed by atoms with Gasteiger partial charge in [-0.25, -0.2) is 13.1 Å². The highest BCUT2D eigenvalue weighted by molar-refractivity contribution is 7.90. The Balaban J connectivity index is 0.000000257. The lowest BCUT2D eigenvalue weighted by molar-refractivity contribution is 0.304. The van der Waals surface area contributed by atoms with Crippen LogP contribution in [0.4, 0.5) is 0 Å². The van der Waals surface area contributed by atoms with Gasteiger partial charge in [0.1, 0.15) is 0 Å². The van der Waals surface area contributed by atoms with Crippen LogP contribution < -0.4 is 14.2 Å². The normalized spacial score (nSPS) is 20.1. The number of hydrogen-bond acceptors (Lipinski definition) is 4. The van der Waals surface area contributed by atoms with Crippen LogP contribution in [0.5, 0.6) is 11.5 Å². The zero-order valence-corrected chi connectivity index (χ0v) is 21.6. The Kier molecular flexibility index (Phi) is 8.46. The van der Waals surface area contributed by atoms with Gasteiger partial charge in [-0.2, -0.15) is 0 Å². The van der Waals surface area contributed by atoms with E-state index < -0.39 is 10.0 Å². The van der Waals surface area contributed by atoms with Gasteiger partial charge in [0.05, 0.1) is 19.5 Å². The Morgan fingerprint density at radius 3 is 2.03 bits per heavy atom. The maximum absolute atomic E-state index is 11.1. The van der Waals surface area contributed by atoms with Crippen LogP contribution in [-0.4, -0.2) is 33.9 Å². The van der Waals surface area contributed by atoms with E-state index in [2.05, 4.69) is 61.0 Å². The Hall–Kier alpha value is -2.05. The van der Waals surface area contributed by atoms with E-state index in [1.807, 2.05) is 13.8 Å². The number of benzene rings is 2. The summed E-state index contributed by atoms with van der Waals surface area (Å²) >= 11 is 0. The van der Waals surface area contributed by atoms with Gasteiger partial charge in [0.25, 0.3) is 0 Å². The number of rotatable bonds is 7. The van der Waals surface area contributed by atoms with Crippen molar-refractivity contribution in [1.82, 2.24) is 4.72 Å². The van der Waals surface area contributed by atoms with Gasteiger partial charge >= 0.3 is 0 Å². The molecule has 1 N–H and O–H groups in total. The van der Waals surface area contributed by atoms with E-state index in [1.165, 1.54) is 23.1 Å². The minimum Gasteiger partial charge on any atom is -0.493 e. The maximum Gasteiger partial charge on any atom is 0.214 e. The summed E-state index contributed by atoms with van der Waals surface area (Å²) in [5.74, 6) is 3.40. The highest BCUT2D eigenvalue weighted by Crippen LogP contribution is 2.47. The molecule has 0 spiro atoms. The summed E-state index contributed by atoms with van der Waals surface area (Å²) in [6.45, 7) is 8.35. The molecular formula is C27H39NO4S. The van der Waals surface area contributed by atoms with E-state index in [-0.39, 0.29) is 11.3 Å². The fourth-order valence-corrected chi connectivity index (χ4v) is 6.38. The predicted octanol–water partition coefficient (Wildman–Crippen LogP) is 5.53. The number of nitrogens with one attached hydrogen (secondary N) is 1. The van der Waals surface area contributed by atoms with Crippen LogP contribution in [0, 0.1) is 11.8 Å². The Labute approximate surface area is 199 Å². The molecule has 0 bridgehead atoms. The molecule has 0 aromatic heterocycles. The summed E-state index contributed by atoms with van der Waals surface area (Å²) in [5, 5.41) is -0.0881. The monoisotopic (exact) mass is 473 g/mol. The van der Waals surface area contributed by atoms with Gasteiger partial charge in [-0.3, -0.25) is 0 Å². The third-order valence-corrected chi connectivity index (χ3v) is 8.68. The van der Waals surface area contributed by atoms with E-state index in [1.54, 1.807) is 14.2 Å². The van der Waals surface area contributed by atoms with Crippen molar-refractivity contribution in [3.8, 4) is 11.5 Å². The largest absolute Gasteiger partial charge is 0.493 e. The molecule has 2 aliphatic rings. The summed E-state index contributed by atoms with van der Waals surface area (Å²) in [5.41, 5.74) is 4.20. The van der Waals surface area contributed by atoms with Crippen molar-refractivity contribution >= 4 is 10.0 Å². The van der Waals surface area contributed by atoms with Gasteiger partial charge in [-0.15, -0.1) is 0 Å². The molecule has 2 atom stereocenters. The number of aryl methyl sites for hydroxylation is 1. The predicted molar refractivity (Wildman–Crippen MR) is 135 cm³/mol. The van der Waals surface area contributed by atoms with E-state index >= 15 is 0 Å².